The second-order valence-corrected chi connectivity index (χ2v) is 6.66. The number of benzene rings is 1. The van der Waals surface area contributed by atoms with Crippen molar-refractivity contribution in [2.24, 2.45) is 5.92 Å². The zero-order valence-electron chi connectivity index (χ0n) is 13.0. The molecule has 1 heterocycles. The van der Waals surface area contributed by atoms with Gasteiger partial charge in [0.05, 0.1) is 5.56 Å². The number of hydrogen-bond acceptors (Lipinski definition) is 2. The predicted molar refractivity (Wildman–Crippen MR) is 90.5 cm³/mol. The van der Waals surface area contributed by atoms with Crippen molar-refractivity contribution in [1.29, 1.82) is 0 Å². The van der Waals surface area contributed by atoms with Crippen molar-refractivity contribution in [3.05, 3.63) is 70.1 Å². The minimum atomic E-state index is 0.00650. The number of ketones is 1. The Morgan fingerprint density at radius 2 is 1.96 bits per heavy atom. The van der Waals surface area contributed by atoms with E-state index in [-0.39, 0.29) is 11.7 Å². The Kier molecular flexibility index (Phi) is 4.97. The molecule has 0 radical (unpaired) electrons. The minimum Gasteiger partial charge on any atom is -0.619 e. The molecule has 1 unspecified atom stereocenters. The van der Waals surface area contributed by atoms with Crippen molar-refractivity contribution in [3.63, 3.8) is 0 Å². The first kappa shape index (κ1) is 16.0. The Morgan fingerprint density at radius 3 is 2.65 bits per heavy atom. The molecular formula is C19H20ClNO2. The maximum atomic E-state index is 12.7. The molecule has 0 aliphatic heterocycles. The SMILES string of the molecule is O=C(CC(c1ccccc1Cl)C1CCCC1)c1ccc[n+]([O-])c1. The van der Waals surface area contributed by atoms with Crippen molar-refractivity contribution in [3.8, 4) is 0 Å². The summed E-state index contributed by atoms with van der Waals surface area (Å²) in [4.78, 5) is 12.7. The molecule has 0 bridgehead atoms. The highest BCUT2D eigenvalue weighted by atomic mass is 35.5. The first-order chi connectivity index (χ1) is 11.1. The van der Waals surface area contributed by atoms with Crippen molar-refractivity contribution >= 4 is 17.4 Å². The number of carbonyl (C=O) groups is 1. The van der Waals surface area contributed by atoms with Crippen molar-refractivity contribution in [2.45, 2.75) is 38.0 Å². The molecule has 1 atom stereocenters. The summed E-state index contributed by atoms with van der Waals surface area (Å²) in [6.45, 7) is 0. The van der Waals surface area contributed by atoms with Crippen LogP contribution in [0.25, 0.3) is 0 Å². The van der Waals surface area contributed by atoms with Gasteiger partial charge in [0.2, 0.25) is 0 Å². The smallest absolute Gasteiger partial charge is 0.191 e. The molecule has 0 spiro atoms. The van der Waals surface area contributed by atoms with E-state index in [1.165, 1.54) is 25.2 Å². The highest BCUT2D eigenvalue weighted by Gasteiger charge is 2.30. The standard InChI is InChI=1S/C19H20ClNO2/c20-18-10-4-3-9-16(18)17(14-6-1-2-7-14)12-19(22)15-8-5-11-21(23)13-15/h3-5,8-11,13-14,17H,1-2,6-7,12H2. The lowest BCUT2D eigenvalue weighted by atomic mass is 9.80. The van der Waals surface area contributed by atoms with E-state index in [4.69, 9.17) is 11.6 Å². The average molecular weight is 330 g/mol. The van der Waals surface area contributed by atoms with Crippen LogP contribution in [-0.4, -0.2) is 5.78 Å². The van der Waals surface area contributed by atoms with Gasteiger partial charge in [0.1, 0.15) is 0 Å². The van der Waals surface area contributed by atoms with Gasteiger partial charge in [0.15, 0.2) is 18.2 Å². The fourth-order valence-electron chi connectivity index (χ4n) is 3.60. The van der Waals surface area contributed by atoms with E-state index in [0.717, 1.165) is 23.4 Å². The summed E-state index contributed by atoms with van der Waals surface area (Å²) in [7, 11) is 0. The third-order valence-corrected chi connectivity index (χ3v) is 5.12. The van der Waals surface area contributed by atoms with Crippen LogP contribution in [0.2, 0.25) is 5.02 Å². The average Bonchev–Trinajstić information content (AvgIpc) is 3.07. The van der Waals surface area contributed by atoms with Crippen LogP contribution < -0.4 is 4.73 Å². The molecule has 0 saturated heterocycles. The Hall–Kier alpha value is -1.87. The van der Waals surface area contributed by atoms with Gasteiger partial charge < -0.3 is 5.21 Å². The Morgan fingerprint density at radius 1 is 1.22 bits per heavy atom. The van der Waals surface area contributed by atoms with Crippen LogP contribution in [0.5, 0.6) is 0 Å². The normalized spacial score (nSPS) is 16.4. The van der Waals surface area contributed by atoms with E-state index in [0.29, 0.717) is 22.6 Å². The van der Waals surface area contributed by atoms with Crippen LogP contribution in [0.3, 0.4) is 0 Å². The molecule has 1 aliphatic carbocycles. The van der Waals surface area contributed by atoms with Crippen LogP contribution in [-0.2, 0) is 0 Å². The zero-order valence-corrected chi connectivity index (χ0v) is 13.7. The molecule has 120 valence electrons. The topological polar surface area (TPSA) is 44.0 Å². The van der Waals surface area contributed by atoms with Crippen molar-refractivity contribution in [1.82, 2.24) is 0 Å². The molecular weight excluding hydrogens is 310 g/mol. The number of carbonyl (C=O) groups excluding carboxylic acids is 1. The lowest BCUT2D eigenvalue weighted by molar-refractivity contribution is -0.605. The van der Waals surface area contributed by atoms with E-state index in [9.17, 15) is 10.0 Å². The highest BCUT2D eigenvalue weighted by molar-refractivity contribution is 6.31. The summed E-state index contributed by atoms with van der Waals surface area (Å²) < 4.78 is 0.674. The number of halogens is 1. The molecule has 2 aromatic rings. The van der Waals surface area contributed by atoms with Crippen LogP contribution in [0.15, 0.2) is 48.8 Å². The summed E-state index contributed by atoms with van der Waals surface area (Å²) in [6, 6.07) is 11.1. The Balaban J connectivity index is 1.87. The molecule has 1 aromatic heterocycles. The number of nitrogens with zero attached hydrogens (tertiary/aromatic N) is 1. The van der Waals surface area contributed by atoms with Crippen LogP contribution >= 0.6 is 11.6 Å². The van der Waals surface area contributed by atoms with E-state index in [1.54, 1.807) is 12.1 Å². The van der Waals surface area contributed by atoms with Crippen molar-refractivity contribution < 1.29 is 9.52 Å². The summed E-state index contributed by atoms with van der Waals surface area (Å²) in [6.07, 6.45) is 7.84. The molecule has 0 amide bonds. The number of pyridine rings is 1. The van der Waals surface area contributed by atoms with Gasteiger partial charge >= 0.3 is 0 Å². The summed E-state index contributed by atoms with van der Waals surface area (Å²) in [5.74, 6) is 0.618. The molecule has 0 N–H and O–H groups in total. The highest BCUT2D eigenvalue weighted by Crippen LogP contribution is 2.42. The first-order valence-corrected chi connectivity index (χ1v) is 8.49. The third-order valence-electron chi connectivity index (χ3n) is 4.78. The van der Waals surface area contributed by atoms with Gasteiger partial charge in [-0.1, -0.05) is 42.6 Å². The maximum Gasteiger partial charge on any atom is 0.191 e. The van der Waals surface area contributed by atoms with Gasteiger partial charge in [-0.2, -0.15) is 4.73 Å². The molecule has 3 nitrogen and oxygen atoms in total. The number of Topliss-reactive ketones (excluding diaryl/α,β-unsaturated/α-hetero) is 1. The molecule has 1 saturated carbocycles. The largest absolute Gasteiger partial charge is 0.619 e. The summed E-state index contributed by atoms with van der Waals surface area (Å²) in [5.41, 5.74) is 1.53. The fourth-order valence-corrected chi connectivity index (χ4v) is 3.88. The third kappa shape index (κ3) is 3.73. The lowest BCUT2D eigenvalue weighted by Crippen LogP contribution is -2.26. The van der Waals surface area contributed by atoms with E-state index < -0.39 is 0 Å². The molecule has 23 heavy (non-hydrogen) atoms. The maximum absolute atomic E-state index is 12.7. The number of hydrogen-bond donors (Lipinski definition) is 0. The second-order valence-electron chi connectivity index (χ2n) is 6.25. The van der Waals surface area contributed by atoms with Gasteiger partial charge in [-0.05, 0) is 42.4 Å². The molecule has 1 aromatic carbocycles. The number of rotatable bonds is 5. The summed E-state index contributed by atoms with van der Waals surface area (Å²) >= 11 is 6.39. The van der Waals surface area contributed by atoms with Gasteiger partial charge in [0, 0.05) is 17.5 Å². The number of aromatic nitrogens is 1. The summed E-state index contributed by atoms with van der Waals surface area (Å²) in [5, 5.41) is 12.1. The van der Waals surface area contributed by atoms with Crippen LogP contribution in [0, 0.1) is 11.1 Å². The Labute approximate surface area is 141 Å². The van der Waals surface area contributed by atoms with Crippen LogP contribution in [0.1, 0.15) is 53.9 Å². The van der Waals surface area contributed by atoms with E-state index in [2.05, 4.69) is 0 Å². The quantitative estimate of drug-likeness (QED) is 0.460. The van der Waals surface area contributed by atoms with Crippen molar-refractivity contribution in [2.75, 3.05) is 0 Å². The van der Waals surface area contributed by atoms with Gasteiger partial charge in [-0.25, -0.2) is 0 Å². The molecule has 3 rings (SSSR count). The predicted octanol–water partition coefficient (Wildman–Crippen LogP) is 4.52. The Bertz CT molecular complexity index is 695. The van der Waals surface area contributed by atoms with Gasteiger partial charge in [-0.3, -0.25) is 4.79 Å². The molecule has 1 aliphatic rings. The molecule has 1 fully saturated rings. The van der Waals surface area contributed by atoms with Gasteiger partial charge in [0.25, 0.3) is 0 Å². The molecule has 4 heteroatoms. The first-order valence-electron chi connectivity index (χ1n) is 8.11. The second kappa shape index (κ2) is 7.14. The van der Waals surface area contributed by atoms with E-state index >= 15 is 0 Å². The van der Waals surface area contributed by atoms with Crippen LogP contribution in [0.4, 0.5) is 0 Å². The minimum absolute atomic E-state index is 0.00650. The lowest BCUT2D eigenvalue weighted by Gasteiger charge is -2.24. The van der Waals surface area contributed by atoms with Gasteiger partial charge in [-0.15, -0.1) is 0 Å². The van der Waals surface area contributed by atoms with E-state index in [1.807, 2.05) is 24.3 Å². The monoisotopic (exact) mass is 329 g/mol. The zero-order chi connectivity index (χ0) is 16.2. The fraction of sp³-hybridized carbons (Fsp3) is 0.368.